The first-order chi connectivity index (χ1) is 13.4. The van der Waals surface area contributed by atoms with Gasteiger partial charge in [-0.05, 0) is 65.2 Å². The second kappa shape index (κ2) is 22.6. The van der Waals surface area contributed by atoms with Gasteiger partial charge in [0.25, 0.3) is 0 Å². The fourth-order valence-corrected chi connectivity index (χ4v) is 2.02. The van der Waals surface area contributed by atoms with Gasteiger partial charge in [0.1, 0.15) is 0 Å². The van der Waals surface area contributed by atoms with Crippen LogP contribution in [0.1, 0.15) is 68.7 Å². The van der Waals surface area contributed by atoms with E-state index in [2.05, 4.69) is 56.6 Å². The number of allylic oxidation sites excluding steroid dienone is 12. The topological polar surface area (TPSA) is 26.0 Å². The smallest absolute Gasteiger partial charge is 0.0154 e. The summed E-state index contributed by atoms with van der Waals surface area (Å²) in [6.45, 7) is 21.8. The Morgan fingerprint density at radius 3 is 2.00 bits per heavy atom. The zero-order valence-electron chi connectivity index (χ0n) is 19.8. The Balaban J connectivity index is -0.000000916. The van der Waals surface area contributed by atoms with E-state index in [1.165, 1.54) is 5.57 Å². The van der Waals surface area contributed by atoms with Crippen molar-refractivity contribution in [3.63, 3.8) is 0 Å². The Morgan fingerprint density at radius 1 is 1.04 bits per heavy atom. The average molecular weight is 382 g/mol. The molecule has 0 aliphatic heterocycles. The summed E-state index contributed by atoms with van der Waals surface area (Å²) in [4.78, 5) is 0. The summed E-state index contributed by atoms with van der Waals surface area (Å²) in [5, 5.41) is 0. The second-order valence-electron chi connectivity index (χ2n) is 5.82. The third-order valence-electron chi connectivity index (χ3n) is 3.64. The summed E-state index contributed by atoms with van der Waals surface area (Å²) < 4.78 is 0. The molecular weight excluding hydrogens is 338 g/mol. The number of hydrogen-bond acceptors (Lipinski definition) is 1. The van der Waals surface area contributed by atoms with Gasteiger partial charge in [-0.2, -0.15) is 0 Å². The Morgan fingerprint density at radius 2 is 1.61 bits per heavy atom. The molecule has 0 spiro atoms. The average Bonchev–Trinajstić information content (AvgIpc) is 2.73. The van der Waals surface area contributed by atoms with Gasteiger partial charge in [0, 0.05) is 11.6 Å². The minimum atomic E-state index is 0.216. The maximum absolute atomic E-state index is 6.27. The van der Waals surface area contributed by atoms with Crippen LogP contribution in [0.2, 0.25) is 0 Å². The minimum absolute atomic E-state index is 0.216. The molecule has 2 N–H and O–H groups in total. The molecule has 0 radical (unpaired) electrons. The van der Waals surface area contributed by atoms with Crippen LogP contribution in [0.5, 0.6) is 0 Å². The van der Waals surface area contributed by atoms with Crippen LogP contribution >= 0.6 is 0 Å². The molecular formula is C27H43N. The van der Waals surface area contributed by atoms with Crippen LogP contribution in [-0.2, 0) is 0 Å². The Kier molecular flexibility index (Phi) is 24.4. The lowest BCUT2D eigenvalue weighted by atomic mass is 9.98. The third-order valence-corrected chi connectivity index (χ3v) is 3.64. The van der Waals surface area contributed by atoms with Crippen molar-refractivity contribution in [3.05, 3.63) is 83.7 Å². The molecule has 0 saturated carbocycles. The van der Waals surface area contributed by atoms with E-state index in [4.69, 9.17) is 5.73 Å². The van der Waals surface area contributed by atoms with Crippen molar-refractivity contribution >= 4 is 0 Å². The predicted molar refractivity (Wildman–Crippen MR) is 132 cm³/mol. The van der Waals surface area contributed by atoms with E-state index >= 15 is 0 Å². The molecule has 156 valence electrons. The number of rotatable bonds is 8. The molecule has 0 aromatic carbocycles. The molecule has 0 fully saturated rings. The molecule has 0 amide bonds. The van der Waals surface area contributed by atoms with E-state index in [0.717, 1.165) is 23.3 Å². The van der Waals surface area contributed by atoms with Crippen LogP contribution in [0.3, 0.4) is 0 Å². The van der Waals surface area contributed by atoms with E-state index in [9.17, 15) is 0 Å². The molecule has 0 saturated heterocycles. The standard InChI is InChI=1S/C21H31N.C4H6.C2H6/c1-7-11-13-17(5)15-18(6)21(22)16-20(10-4)19(9-3)14-12-8-2;1-3-4-2;1-2/h7-12,14-16,18H,3,13,22H2,1-2,4-6H3;1-2H3;1-2H3/b11-7-,12-8-,17-15-,19-14+,20-10+,21-16-;;. The van der Waals surface area contributed by atoms with Crippen molar-refractivity contribution < 1.29 is 0 Å². The van der Waals surface area contributed by atoms with Crippen molar-refractivity contribution in [1.29, 1.82) is 0 Å². The summed E-state index contributed by atoms with van der Waals surface area (Å²) in [6.07, 6.45) is 19.4. The molecule has 0 aliphatic carbocycles. The SMILES string of the molecule is C=CC(=C\C=C/C)/C(/C=C(\N)C(C)/C=C(/C)C/C=C\C)=C/C.CC.CC#CC. The highest BCUT2D eigenvalue weighted by Crippen LogP contribution is 2.18. The van der Waals surface area contributed by atoms with Crippen molar-refractivity contribution in [3.8, 4) is 11.8 Å². The molecule has 1 heteroatoms. The normalized spacial score (nSPS) is 13.8. The largest absolute Gasteiger partial charge is 0.402 e. The van der Waals surface area contributed by atoms with E-state index < -0.39 is 0 Å². The maximum Gasteiger partial charge on any atom is 0.0154 e. The van der Waals surface area contributed by atoms with E-state index in [-0.39, 0.29) is 5.92 Å². The lowest BCUT2D eigenvalue weighted by molar-refractivity contribution is 0.831. The summed E-state index contributed by atoms with van der Waals surface area (Å²) >= 11 is 0. The number of nitrogens with two attached hydrogens (primary N) is 1. The van der Waals surface area contributed by atoms with Gasteiger partial charge in [-0.3, -0.25) is 0 Å². The lowest BCUT2D eigenvalue weighted by Crippen LogP contribution is -2.07. The highest BCUT2D eigenvalue weighted by atomic mass is 14.6. The van der Waals surface area contributed by atoms with Gasteiger partial charge in [0.2, 0.25) is 0 Å². The molecule has 1 unspecified atom stereocenters. The van der Waals surface area contributed by atoms with Gasteiger partial charge < -0.3 is 5.73 Å². The van der Waals surface area contributed by atoms with E-state index in [1.54, 1.807) is 0 Å². The lowest BCUT2D eigenvalue weighted by Gasteiger charge is -2.11. The number of hydrogen-bond donors (Lipinski definition) is 1. The molecule has 0 aliphatic rings. The highest BCUT2D eigenvalue weighted by Gasteiger charge is 2.05. The molecule has 0 bridgehead atoms. The maximum atomic E-state index is 6.27. The molecule has 1 atom stereocenters. The minimum Gasteiger partial charge on any atom is -0.402 e. The van der Waals surface area contributed by atoms with E-state index in [1.807, 2.05) is 78.8 Å². The first kappa shape index (κ1) is 30.3. The summed E-state index contributed by atoms with van der Waals surface area (Å²) in [6, 6.07) is 0. The Hall–Kier alpha value is -2.46. The molecule has 1 nitrogen and oxygen atoms in total. The van der Waals surface area contributed by atoms with Crippen molar-refractivity contribution in [1.82, 2.24) is 0 Å². The van der Waals surface area contributed by atoms with Crippen LogP contribution < -0.4 is 5.73 Å². The molecule has 0 heterocycles. The predicted octanol–water partition coefficient (Wildman–Crippen LogP) is 8.07. The first-order valence-electron chi connectivity index (χ1n) is 10.1. The Bertz CT molecular complexity index is 631. The summed E-state index contributed by atoms with van der Waals surface area (Å²) in [5.41, 5.74) is 10.6. The fourth-order valence-electron chi connectivity index (χ4n) is 2.02. The van der Waals surface area contributed by atoms with Gasteiger partial charge in [0.15, 0.2) is 0 Å². The van der Waals surface area contributed by atoms with Gasteiger partial charge in [-0.15, -0.1) is 11.8 Å². The van der Waals surface area contributed by atoms with Gasteiger partial charge in [-0.1, -0.05) is 81.5 Å². The zero-order valence-corrected chi connectivity index (χ0v) is 19.8. The molecule has 0 aromatic rings. The van der Waals surface area contributed by atoms with Gasteiger partial charge in [0.05, 0.1) is 0 Å². The zero-order chi connectivity index (χ0) is 22.4. The molecule has 0 rings (SSSR count). The summed E-state index contributed by atoms with van der Waals surface area (Å²) in [5.74, 6) is 5.58. The van der Waals surface area contributed by atoms with Gasteiger partial charge in [-0.25, -0.2) is 0 Å². The van der Waals surface area contributed by atoms with Crippen molar-refractivity contribution in [2.45, 2.75) is 68.7 Å². The van der Waals surface area contributed by atoms with Gasteiger partial charge >= 0.3 is 0 Å². The van der Waals surface area contributed by atoms with Crippen LogP contribution in [-0.4, -0.2) is 0 Å². The Labute approximate surface area is 176 Å². The van der Waals surface area contributed by atoms with Crippen molar-refractivity contribution in [2.75, 3.05) is 0 Å². The molecule has 28 heavy (non-hydrogen) atoms. The monoisotopic (exact) mass is 381 g/mol. The molecule has 0 aromatic heterocycles. The van der Waals surface area contributed by atoms with Crippen LogP contribution in [0.25, 0.3) is 0 Å². The van der Waals surface area contributed by atoms with Crippen LogP contribution in [0.4, 0.5) is 0 Å². The van der Waals surface area contributed by atoms with Crippen LogP contribution in [0, 0.1) is 17.8 Å². The van der Waals surface area contributed by atoms with Crippen molar-refractivity contribution in [2.24, 2.45) is 11.7 Å². The second-order valence-corrected chi connectivity index (χ2v) is 5.82. The van der Waals surface area contributed by atoms with Crippen LogP contribution in [0.15, 0.2) is 83.7 Å². The van der Waals surface area contributed by atoms with E-state index in [0.29, 0.717) is 0 Å². The first-order valence-corrected chi connectivity index (χ1v) is 10.1. The third kappa shape index (κ3) is 17.0. The quantitative estimate of drug-likeness (QED) is 0.257. The summed E-state index contributed by atoms with van der Waals surface area (Å²) in [7, 11) is 0. The fraction of sp³-hybridized carbons (Fsp3) is 0.407. The highest BCUT2D eigenvalue weighted by molar-refractivity contribution is 5.48.